The molecule has 1 aromatic carbocycles. The molecule has 0 aliphatic heterocycles. The Kier molecular flexibility index (Phi) is 5.26. The van der Waals surface area contributed by atoms with Crippen LogP contribution in [0.5, 0.6) is 5.75 Å². The predicted molar refractivity (Wildman–Crippen MR) is 96.2 cm³/mol. The maximum absolute atomic E-state index is 13.5. The van der Waals surface area contributed by atoms with E-state index in [4.69, 9.17) is 4.74 Å². The molecule has 0 saturated heterocycles. The second-order valence-electron chi connectivity index (χ2n) is 5.69. The van der Waals surface area contributed by atoms with E-state index in [-0.39, 0.29) is 5.91 Å². The molecule has 0 aliphatic carbocycles. The van der Waals surface area contributed by atoms with Crippen molar-refractivity contribution in [3.05, 3.63) is 65.9 Å². The highest BCUT2D eigenvalue weighted by Gasteiger charge is 2.17. The molecule has 0 unspecified atom stereocenters. The van der Waals surface area contributed by atoms with Gasteiger partial charge in [0, 0.05) is 12.3 Å². The van der Waals surface area contributed by atoms with Crippen LogP contribution < -0.4 is 10.1 Å². The van der Waals surface area contributed by atoms with Crippen molar-refractivity contribution >= 4 is 11.6 Å². The average Bonchev–Trinajstić information content (AvgIpc) is 3.04. The zero-order chi connectivity index (χ0) is 18.5. The Bertz CT molecular complexity index is 909. The Hall–Kier alpha value is -3.22. The Labute approximate surface area is 150 Å². The van der Waals surface area contributed by atoms with Gasteiger partial charge >= 0.3 is 0 Å². The van der Waals surface area contributed by atoms with E-state index < -0.39 is 5.82 Å². The Balaban J connectivity index is 1.84. The zero-order valence-electron chi connectivity index (χ0n) is 14.6. The van der Waals surface area contributed by atoms with Crippen LogP contribution in [0.1, 0.15) is 29.4 Å². The molecule has 6 nitrogen and oxygen atoms in total. The molecule has 3 rings (SSSR count). The Morgan fingerprint density at radius 1 is 1.31 bits per heavy atom. The Morgan fingerprint density at radius 3 is 2.88 bits per heavy atom. The van der Waals surface area contributed by atoms with Gasteiger partial charge in [0.15, 0.2) is 5.82 Å². The van der Waals surface area contributed by atoms with E-state index in [9.17, 15) is 9.18 Å². The van der Waals surface area contributed by atoms with Crippen molar-refractivity contribution in [2.75, 3.05) is 11.9 Å². The van der Waals surface area contributed by atoms with E-state index in [1.165, 1.54) is 24.4 Å². The van der Waals surface area contributed by atoms with Crippen molar-refractivity contribution in [2.24, 2.45) is 0 Å². The van der Waals surface area contributed by atoms with Crippen molar-refractivity contribution in [1.82, 2.24) is 14.8 Å². The summed E-state index contributed by atoms with van der Waals surface area (Å²) in [5.74, 6) is 0.152. The van der Waals surface area contributed by atoms with Gasteiger partial charge in [-0.2, -0.15) is 5.10 Å². The third-order valence-corrected chi connectivity index (χ3v) is 3.77. The number of nitrogens with one attached hydrogen (secondary N) is 1. The van der Waals surface area contributed by atoms with Crippen molar-refractivity contribution in [1.29, 1.82) is 0 Å². The number of nitrogens with zero attached hydrogens (tertiary/aromatic N) is 3. The van der Waals surface area contributed by atoms with Gasteiger partial charge in [-0.25, -0.2) is 14.1 Å². The third-order valence-electron chi connectivity index (χ3n) is 3.77. The van der Waals surface area contributed by atoms with E-state index in [0.29, 0.717) is 35.1 Å². The minimum absolute atomic E-state index is 0.301. The number of halogens is 1. The van der Waals surface area contributed by atoms with E-state index in [0.717, 1.165) is 6.42 Å². The lowest BCUT2D eigenvalue weighted by atomic mass is 10.2. The van der Waals surface area contributed by atoms with Crippen molar-refractivity contribution in [3.8, 4) is 11.6 Å². The van der Waals surface area contributed by atoms with E-state index in [1.807, 2.05) is 19.1 Å². The number of aromatic nitrogens is 3. The summed E-state index contributed by atoms with van der Waals surface area (Å²) in [5, 5.41) is 7.00. The van der Waals surface area contributed by atoms with Crippen LogP contribution in [0.4, 0.5) is 10.1 Å². The first kappa shape index (κ1) is 17.6. The van der Waals surface area contributed by atoms with Gasteiger partial charge in [-0.3, -0.25) is 4.79 Å². The van der Waals surface area contributed by atoms with E-state index in [1.54, 1.807) is 23.9 Å². The maximum atomic E-state index is 13.5. The SMILES string of the molecule is CCCOc1cc(F)ccc1NC(=O)c1cnn(-c2ccccn2)c1C. The topological polar surface area (TPSA) is 69.0 Å². The molecule has 0 bridgehead atoms. The van der Waals surface area contributed by atoms with Gasteiger partial charge in [-0.15, -0.1) is 0 Å². The molecule has 0 aliphatic rings. The van der Waals surface area contributed by atoms with E-state index >= 15 is 0 Å². The smallest absolute Gasteiger partial charge is 0.259 e. The molecule has 2 heterocycles. The van der Waals surface area contributed by atoms with Gasteiger partial charge in [0.2, 0.25) is 0 Å². The number of anilines is 1. The molecule has 1 amide bonds. The predicted octanol–water partition coefficient (Wildman–Crippen LogP) is 3.76. The first-order valence-electron chi connectivity index (χ1n) is 8.30. The van der Waals surface area contributed by atoms with Gasteiger partial charge in [-0.1, -0.05) is 13.0 Å². The summed E-state index contributed by atoms with van der Waals surface area (Å²) in [5.41, 5.74) is 1.47. The normalized spacial score (nSPS) is 10.6. The van der Waals surface area contributed by atoms with Crippen LogP contribution >= 0.6 is 0 Å². The number of hydrogen-bond acceptors (Lipinski definition) is 4. The van der Waals surface area contributed by atoms with Gasteiger partial charge in [0.25, 0.3) is 5.91 Å². The lowest BCUT2D eigenvalue weighted by Gasteiger charge is -2.12. The molecule has 26 heavy (non-hydrogen) atoms. The lowest BCUT2D eigenvalue weighted by Crippen LogP contribution is -2.14. The molecule has 2 aromatic heterocycles. The summed E-state index contributed by atoms with van der Waals surface area (Å²) in [6, 6.07) is 9.48. The second-order valence-corrected chi connectivity index (χ2v) is 5.69. The van der Waals surface area contributed by atoms with Gasteiger partial charge in [0.05, 0.1) is 29.7 Å². The summed E-state index contributed by atoms with van der Waals surface area (Å²) in [4.78, 5) is 16.9. The molecule has 3 aromatic rings. The second kappa shape index (κ2) is 7.77. The molecule has 0 fully saturated rings. The lowest BCUT2D eigenvalue weighted by molar-refractivity contribution is 0.102. The van der Waals surface area contributed by atoms with Gasteiger partial charge in [0.1, 0.15) is 11.6 Å². The van der Waals surface area contributed by atoms with Gasteiger partial charge < -0.3 is 10.1 Å². The monoisotopic (exact) mass is 354 g/mol. The molecule has 0 radical (unpaired) electrons. The molecule has 1 N–H and O–H groups in total. The molecule has 0 spiro atoms. The fourth-order valence-electron chi connectivity index (χ4n) is 2.46. The molecule has 7 heteroatoms. The molecule has 134 valence electrons. The fourth-order valence-corrected chi connectivity index (χ4v) is 2.46. The number of pyridine rings is 1. The summed E-state index contributed by atoms with van der Waals surface area (Å²) in [6.45, 7) is 4.17. The highest BCUT2D eigenvalue weighted by molar-refractivity contribution is 6.05. The number of amides is 1. The van der Waals surface area contributed by atoms with Crippen LogP contribution in [0.15, 0.2) is 48.8 Å². The minimum Gasteiger partial charge on any atom is -0.491 e. The van der Waals surface area contributed by atoms with Crippen LogP contribution in [-0.2, 0) is 0 Å². The largest absolute Gasteiger partial charge is 0.491 e. The van der Waals surface area contributed by atoms with Gasteiger partial charge in [-0.05, 0) is 37.6 Å². The van der Waals surface area contributed by atoms with Crippen LogP contribution in [-0.4, -0.2) is 27.3 Å². The highest BCUT2D eigenvalue weighted by Crippen LogP contribution is 2.26. The maximum Gasteiger partial charge on any atom is 0.259 e. The fraction of sp³-hybridized carbons (Fsp3) is 0.211. The summed E-state index contributed by atoms with van der Waals surface area (Å²) >= 11 is 0. The first-order valence-corrected chi connectivity index (χ1v) is 8.30. The Morgan fingerprint density at radius 2 is 2.15 bits per heavy atom. The highest BCUT2D eigenvalue weighted by atomic mass is 19.1. The molecule has 0 saturated carbocycles. The van der Waals surface area contributed by atoms with Crippen LogP contribution in [0.3, 0.4) is 0 Å². The van der Waals surface area contributed by atoms with E-state index in [2.05, 4.69) is 15.4 Å². The van der Waals surface area contributed by atoms with Crippen molar-refractivity contribution < 1.29 is 13.9 Å². The number of carbonyl (C=O) groups excluding carboxylic acids is 1. The average molecular weight is 354 g/mol. The van der Waals surface area contributed by atoms with Crippen molar-refractivity contribution in [3.63, 3.8) is 0 Å². The number of hydrogen-bond donors (Lipinski definition) is 1. The summed E-state index contributed by atoms with van der Waals surface area (Å²) in [6.07, 6.45) is 3.92. The summed E-state index contributed by atoms with van der Waals surface area (Å²) in [7, 11) is 0. The van der Waals surface area contributed by atoms with Crippen LogP contribution in [0, 0.1) is 12.7 Å². The van der Waals surface area contributed by atoms with Crippen molar-refractivity contribution in [2.45, 2.75) is 20.3 Å². The molecule has 0 atom stereocenters. The number of carbonyl (C=O) groups is 1. The quantitative estimate of drug-likeness (QED) is 0.732. The zero-order valence-corrected chi connectivity index (χ0v) is 14.6. The molecular formula is C19H19FN4O2. The summed E-state index contributed by atoms with van der Waals surface area (Å²) < 4.78 is 20.6. The van der Waals surface area contributed by atoms with Crippen LogP contribution in [0.25, 0.3) is 5.82 Å². The number of benzene rings is 1. The van der Waals surface area contributed by atoms with Crippen LogP contribution in [0.2, 0.25) is 0 Å². The number of rotatable bonds is 6. The molecular weight excluding hydrogens is 335 g/mol. The number of ether oxygens (including phenoxy) is 1. The minimum atomic E-state index is -0.423. The standard InChI is InChI=1S/C19H19FN4O2/c1-3-10-26-17-11-14(20)7-8-16(17)23-19(25)15-12-22-24(13(15)2)18-6-4-5-9-21-18/h4-9,11-12H,3,10H2,1-2H3,(H,23,25). The third kappa shape index (κ3) is 3.72. The first-order chi connectivity index (χ1) is 12.6.